The zero-order valence-electron chi connectivity index (χ0n) is 8.81. The second-order valence-corrected chi connectivity index (χ2v) is 4.28. The van der Waals surface area contributed by atoms with Gasteiger partial charge in [-0.3, -0.25) is 0 Å². The van der Waals surface area contributed by atoms with E-state index >= 15 is 0 Å². The minimum absolute atomic E-state index is 0.280. The number of halogens is 1. The zero-order valence-corrected chi connectivity index (χ0v) is 9.71. The third-order valence-corrected chi connectivity index (χ3v) is 2.87. The monoisotopic (exact) mass is 244 g/mol. The van der Waals surface area contributed by atoms with Gasteiger partial charge in [0.1, 0.15) is 11.6 Å². The van der Waals surface area contributed by atoms with Gasteiger partial charge >= 0.3 is 0 Å². The molecule has 0 aliphatic rings. The van der Waals surface area contributed by atoms with Crippen LogP contribution in [0.3, 0.4) is 0 Å². The smallest absolute Gasteiger partial charge is 0.141 e. The maximum Gasteiger partial charge on any atom is 0.141 e. The molecule has 3 aromatic rings. The summed E-state index contributed by atoms with van der Waals surface area (Å²) >= 11 is 4.26. The first-order chi connectivity index (χ1) is 8.24. The normalized spacial score (nSPS) is 10.9. The van der Waals surface area contributed by atoms with Crippen molar-refractivity contribution in [2.75, 3.05) is 0 Å². The largest absolute Gasteiger partial charge is 0.338 e. The van der Waals surface area contributed by atoms with Crippen LogP contribution in [-0.2, 0) is 0 Å². The maximum atomic E-state index is 13.6. The fourth-order valence-electron chi connectivity index (χ4n) is 1.78. The fraction of sp³-hybridized carbons (Fsp3) is 0. The van der Waals surface area contributed by atoms with Crippen molar-refractivity contribution >= 4 is 23.7 Å². The third kappa shape index (κ3) is 1.80. The number of hydrogen-bond donors (Lipinski definition) is 2. The number of aromatic amines is 1. The molecule has 1 heterocycles. The first-order valence-corrected chi connectivity index (χ1v) is 5.62. The van der Waals surface area contributed by atoms with E-state index in [1.54, 1.807) is 18.2 Å². The number of thiol groups is 1. The first-order valence-electron chi connectivity index (χ1n) is 5.18. The maximum absolute atomic E-state index is 13.6. The van der Waals surface area contributed by atoms with Crippen LogP contribution in [0.5, 0.6) is 0 Å². The van der Waals surface area contributed by atoms with Gasteiger partial charge in [-0.1, -0.05) is 12.1 Å². The Morgan fingerprint density at radius 3 is 2.76 bits per heavy atom. The highest BCUT2D eigenvalue weighted by Gasteiger charge is 2.09. The van der Waals surface area contributed by atoms with Crippen molar-refractivity contribution in [1.82, 2.24) is 9.97 Å². The Kier molecular flexibility index (Phi) is 2.37. The number of aromatic nitrogens is 2. The molecule has 1 aromatic heterocycles. The van der Waals surface area contributed by atoms with Crippen molar-refractivity contribution < 1.29 is 4.39 Å². The van der Waals surface area contributed by atoms with Crippen molar-refractivity contribution in [3.8, 4) is 11.4 Å². The number of rotatable bonds is 1. The molecule has 2 nitrogen and oxygen atoms in total. The van der Waals surface area contributed by atoms with Gasteiger partial charge in [0.25, 0.3) is 0 Å². The summed E-state index contributed by atoms with van der Waals surface area (Å²) in [7, 11) is 0. The minimum Gasteiger partial charge on any atom is -0.338 e. The molecule has 0 bridgehead atoms. The molecule has 0 unspecified atom stereocenters. The molecule has 17 heavy (non-hydrogen) atoms. The van der Waals surface area contributed by atoms with Gasteiger partial charge in [0.05, 0.1) is 16.6 Å². The van der Waals surface area contributed by atoms with E-state index in [0.717, 1.165) is 15.9 Å². The topological polar surface area (TPSA) is 28.7 Å². The fourth-order valence-corrected chi connectivity index (χ4v) is 1.98. The molecule has 0 spiro atoms. The van der Waals surface area contributed by atoms with Gasteiger partial charge in [-0.15, -0.1) is 12.6 Å². The van der Waals surface area contributed by atoms with Crippen LogP contribution in [0, 0.1) is 5.82 Å². The summed E-state index contributed by atoms with van der Waals surface area (Å²) in [5.41, 5.74) is 2.14. The van der Waals surface area contributed by atoms with Crippen molar-refractivity contribution in [2.45, 2.75) is 4.90 Å². The molecule has 0 aliphatic heterocycles. The van der Waals surface area contributed by atoms with Crippen LogP contribution in [-0.4, -0.2) is 9.97 Å². The Morgan fingerprint density at radius 2 is 1.94 bits per heavy atom. The minimum atomic E-state index is -0.280. The molecule has 84 valence electrons. The predicted octanol–water partition coefficient (Wildman–Crippen LogP) is 3.66. The number of fused-ring (bicyclic) bond motifs is 1. The van der Waals surface area contributed by atoms with Crippen molar-refractivity contribution in [3.05, 3.63) is 48.3 Å². The predicted molar refractivity (Wildman–Crippen MR) is 68.7 cm³/mol. The van der Waals surface area contributed by atoms with Crippen LogP contribution in [0.2, 0.25) is 0 Å². The van der Waals surface area contributed by atoms with E-state index in [1.165, 1.54) is 6.07 Å². The molecule has 0 atom stereocenters. The van der Waals surface area contributed by atoms with Crippen LogP contribution in [0.4, 0.5) is 4.39 Å². The SMILES string of the molecule is Fc1ccccc1-c1nc2ccc(S)cc2[nH]1. The molecule has 0 saturated heterocycles. The lowest BCUT2D eigenvalue weighted by Crippen LogP contribution is -1.84. The van der Waals surface area contributed by atoms with Gasteiger partial charge in [-0.05, 0) is 30.3 Å². The highest BCUT2D eigenvalue weighted by Crippen LogP contribution is 2.23. The number of H-pyrrole nitrogens is 1. The van der Waals surface area contributed by atoms with Crippen LogP contribution in [0.15, 0.2) is 47.4 Å². The number of nitrogens with one attached hydrogen (secondary N) is 1. The second-order valence-electron chi connectivity index (χ2n) is 3.77. The molecule has 0 fully saturated rings. The van der Waals surface area contributed by atoms with Crippen LogP contribution < -0.4 is 0 Å². The van der Waals surface area contributed by atoms with E-state index < -0.39 is 0 Å². The molecule has 4 heteroatoms. The van der Waals surface area contributed by atoms with Crippen molar-refractivity contribution in [1.29, 1.82) is 0 Å². The lowest BCUT2D eigenvalue weighted by Gasteiger charge is -1.96. The number of nitrogens with zero attached hydrogens (tertiary/aromatic N) is 1. The summed E-state index contributed by atoms with van der Waals surface area (Å²) in [5, 5.41) is 0. The summed E-state index contributed by atoms with van der Waals surface area (Å²) in [6, 6.07) is 12.2. The van der Waals surface area contributed by atoms with E-state index in [2.05, 4.69) is 22.6 Å². The van der Waals surface area contributed by atoms with Crippen molar-refractivity contribution in [2.24, 2.45) is 0 Å². The number of hydrogen-bond acceptors (Lipinski definition) is 2. The molecule has 3 rings (SSSR count). The number of imidazole rings is 1. The quantitative estimate of drug-likeness (QED) is 0.628. The molecular formula is C13H9FN2S. The first kappa shape index (κ1) is 10.4. The summed E-state index contributed by atoms with van der Waals surface area (Å²) in [6.07, 6.45) is 0. The van der Waals surface area contributed by atoms with Gasteiger partial charge in [0.15, 0.2) is 0 Å². The molecule has 0 aliphatic carbocycles. The highest BCUT2D eigenvalue weighted by atomic mass is 32.1. The Balaban J connectivity index is 2.22. The summed E-state index contributed by atoms with van der Waals surface area (Å²) < 4.78 is 13.6. The van der Waals surface area contributed by atoms with Gasteiger partial charge in [0, 0.05) is 4.90 Å². The molecular weight excluding hydrogens is 235 g/mol. The highest BCUT2D eigenvalue weighted by molar-refractivity contribution is 7.80. The molecule has 0 amide bonds. The van der Waals surface area contributed by atoms with Crippen LogP contribution in [0.25, 0.3) is 22.4 Å². The lowest BCUT2D eigenvalue weighted by atomic mass is 10.2. The Bertz CT molecular complexity index is 691. The summed E-state index contributed by atoms with van der Waals surface area (Å²) in [6.45, 7) is 0. The third-order valence-electron chi connectivity index (χ3n) is 2.59. The van der Waals surface area contributed by atoms with Gasteiger partial charge in [-0.25, -0.2) is 9.37 Å². The zero-order chi connectivity index (χ0) is 11.8. The summed E-state index contributed by atoms with van der Waals surface area (Å²) in [5.74, 6) is 0.259. The summed E-state index contributed by atoms with van der Waals surface area (Å²) in [4.78, 5) is 8.30. The van der Waals surface area contributed by atoms with Crippen LogP contribution in [0.1, 0.15) is 0 Å². The second kappa shape index (κ2) is 3.89. The average molecular weight is 244 g/mol. The molecule has 0 radical (unpaired) electrons. The van der Waals surface area contributed by atoms with Gasteiger partial charge in [0.2, 0.25) is 0 Å². The molecule has 0 saturated carbocycles. The van der Waals surface area contributed by atoms with Crippen molar-refractivity contribution in [3.63, 3.8) is 0 Å². The van der Waals surface area contributed by atoms with E-state index in [9.17, 15) is 4.39 Å². The van der Waals surface area contributed by atoms with Crippen LogP contribution >= 0.6 is 12.6 Å². The Labute approximate surface area is 103 Å². The lowest BCUT2D eigenvalue weighted by molar-refractivity contribution is 0.630. The standard InChI is InChI=1S/C13H9FN2S/c14-10-4-2-1-3-9(10)13-15-11-6-5-8(17)7-12(11)16-13/h1-7,17H,(H,15,16). The van der Waals surface area contributed by atoms with E-state index in [0.29, 0.717) is 11.4 Å². The Morgan fingerprint density at radius 1 is 1.12 bits per heavy atom. The van der Waals surface area contributed by atoms with E-state index in [-0.39, 0.29) is 5.82 Å². The van der Waals surface area contributed by atoms with Gasteiger partial charge < -0.3 is 4.98 Å². The van der Waals surface area contributed by atoms with E-state index in [1.807, 2.05) is 18.2 Å². The molecule has 1 N–H and O–H groups in total. The van der Waals surface area contributed by atoms with Gasteiger partial charge in [-0.2, -0.15) is 0 Å². The average Bonchev–Trinajstić information content (AvgIpc) is 2.72. The van der Waals surface area contributed by atoms with E-state index in [4.69, 9.17) is 0 Å². The molecule has 2 aromatic carbocycles. The number of benzene rings is 2. The Hall–Kier alpha value is -1.81.